The number of rotatable bonds is 2. The van der Waals surface area contributed by atoms with Gasteiger partial charge < -0.3 is 10.3 Å². The number of nitrogens with two attached hydrogens (primary N) is 1. The van der Waals surface area contributed by atoms with Gasteiger partial charge in [0, 0.05) is 33.8 Å². The van der Waals surface area contributed by atoms with Gasteiger partial charge in [0.05, 0.1) is 11.2 Å². The Balaban J connectivity index is 2.49. The number of carbonyl (C=O) groups excluding carboxylic acids is 1. The molecule has 0 amide bonds. The Morgan fingerprint density at radius 1 is 1.22 bits per heavy atom. The highest BCUT2D eigenvalue weighted by molar-refractivity contribution is 6.17. The third-order valence-corrected chi connectivity index (χ3v) is 4.57. The Morgan fingerprint density at radius 2 is 1.87 bits per heavy atom. The fourth-order valence-electron chi connectivity index (χ4n) is 3.42. The van der Waals surface area contributed by atoms with Crippen LogP contribution in [0, 0.1) is 12.3 Å². The van der Waals surface area contributed by atoms with Crippen molar-refractivity contribution in [1.82, 2.24) is 4.57 Å². The first-order valence-electron chi connectivity index (χ1n) is 8.12. The second-order valence-electron chi connectivity index (χ2n) is 7.20. The summed E-state index contributed by atoms with van der Waals surface area (Å²) in [6, 6.07) is 10.2. The van der Waals surface area contributed by atoms with Gasteiger partial charge in [-0.3, -0.25) is 4.79 Å². The van der Waals surface area contributed by atoms with Gasteiger partial charge in [-0.2, -0.15) is 0 Å². The SMILES string of the molecule is CCn1c2ccccc2c2c(C)c(C(=O)C(C)(C)C)cc(N)c21. The minimum atomic E-state index is -0.423. The number of aryl methyl sites for hydroxylation is 2. The van der Waals surface area contributed by atoms with E-state index in [4.69, 9.17) is 5.73 Å². The number of ketones is 1. The molecule has 0 unspecified atom stereocenters. The summed E-state index contributed by atoms with van der Waals surface area (Å²) in [4.78, 5) is 12.8. The van der Waals surface area contributed by atoms with E-state index in [1.165, 1.54) is 5.52 Å². The van der Waals surface area contributed by atoms with Crippen molar-refractivity contribution in [3.8, 4) is 0 Å². The van der Waals surface area contributed by atoms with Crippen LogP contribution in [0.4, 0.5) is 5.69 Å². The fourth-order valence-corrected chi connectivity index (χ4v) is 3.42. The molecule has 0 atom stereocenters. The van der Waals surface area contributed by atoms with Crippen LogP contribution < -0.4 is 5.73 Å². The highest BCUT2D eigenvalue weighted by Gasteiger charge is 2.27. The lowest BCUT2D eigenvalue weighted by Gasteiger charge is -2.19. The predicted molar refractivity (Wildman–Crippen MR) is 98.1 cm³/mol. The van der Waals surface area contributed by atoms with E-state index in [0.29, 0.717) is 5.69 Å². The van der Waals surface area contributed by atoms with Crippen molar-refractivity contribution in [3.63, 3.8) is 0 Å². The number of hydrogen-bond donors (Lipinski definition) is 1. The average molecular weight is 308 g/mol. The van der Waals surface area contributed by atoms with Gasteiger partial charge in [0.15, 0.2) is 5.78 Å². The van der Waals surface area contributed by atoms with E-state index in [1.54, 1.807) is 0 Å². The summed E-state index contributed by atoms with van der Waals surface area (Å²) in [5.74, 6) is 0.136. The van der Waals surface area contributed by atoms with Crippen molar-refractivity contribution in [2.45, 2.75) is 41.2 Å². The minimum absolute atomic E-state index is 0.136. The molecule has 3 nitrogen and oxygen atoms in total. The molecule has 120 valence electrons. The molecular formula is C20H24N2O. The molecule has 2 aromatic carbocycles. The Labute approximate surface area is 137 Å². The monoisotopic (exact) mass is 308 g/mol. The molecule has 0 aliphatic carbocycles. The third kappa shape index (κ3) is 2.23. The van der Waals surface area contributed by atoms with Crippen molar-refractivity contribution in [3.05, 3.63) is 41.5 Å². The summed E-state index contributed by atoms with van der Waals surface area (Å²) in [5.41, 5.74) is 10.6. The normalized spacial score (nSPS) is 12.2. The molecule has 0 aliphatic heterocycles. The number of Topliss-reactive ketones (excluding diaryl/α,β-unsaturated/α-hetero) is 1. The van der Waals surface area contributed by atoms with E-state index in [0.717, 1.165) is 34.0 Å². The smallest absolute Gasteiger partial charge is 0.168 e. The summed E-state index contributed by atoms with van der Waals surface area (Å²) in [6.07, 6.45) is 0. The Morgan fingerprint density at radius 3 is 2.48 bits per heavy atom. The molecule has 1 heterocycles. The molecule has 0 spiro atoms. The lowest BCUT2D eigenvalue weighted by molar-refractivity contribution is 0.0858. The van der Waals surface area contributed by atoms with Crippen molar-refractivity contribution in [1.29, 1.82) is 0 Å². The summed E-state index contributed by atoms with van der Waals surface area (Å²) in [6.45, 7) is 10.8. The number of hydrogen-bond acceptors (Lipinski definition) is 2. The number of carbonyl (C=O) groups is 1. The zero-order valence-electron chi connectivity index (χ0n) is 14.5. The molecule has 2 N–H and O–H groups in total. The minimum Gasteiger partial charge on any atom is -0.397 e. The fraction of sp³-hybridized carbons (Fsp3) is 0.350. The van der Waals surface area contributed by atoms with Crippen LogP contribution in [0.2, 0.25) is 0 Å². The van der Waals surface area contributed by atoms with Crippen molar-refractivity contribution in [2.75, 3.05) is 5.73 Å². The van der Waals surface area contributed by atoms with Crippen LogP contribution in [0.1, 0.15) is 43.6 Å². The number of nitrogen functional groups attached to an aromatic ring is 1. The number of nitrogens with zero attached hydrogens (tertiary/aromatic N) is 1. The number of para-hydroxylation sites is 1. The van der Waals surface area contributed by atoms with Gasteiger partial charge in [-0.15, -0.1) is 0 Å². The molecule has 0 bridgehead atoms. The van der Waals surface area contributed by atoms with Crippen LogP contribution in [-0.4, -0.2) is 10.4 Å². The van der Waals surface area contributed by atoms with Crippen LogP contribution in [0.5, 0.6) is 0 Å². The van der Waals surface area contributed by atoms with E-state index in [9.17, 15) is 4.79 Å². The molecule has 1 aromatic heterocycles. The van der Waals surface area contributed by atoms with E-state index in [2.05, 4.69) is 23.6 Å². The Hall–Kier alpha value is -2.29. The molecular weight excluding hydrogens is 284 g/mol. The van der Waals surface area contributed by atoms with Crippen molar-refractivity contribution >= 4 is 33.3 Å². The standard InChI is InChI=1S/C20H24N2O/c1-6-22-16-10-8-7-9-13(16)17-12(2)14(11-15(21)18(17)22)19(23)20(3,4)5/h7-11H,6,21H2,1-5H3. The van der Waals surface area contributed by atoms with Crippen molar-refractivity contribution in [2.24, 2.45) is 5.41 Å². The quantitative estimate of drug-likeness (QED) is 0.539. The van der Waals surface area contributed by atoms with Crippen LogP contribution in [0.15, 0.2) is 30.3 Å². The van der Waals surface area contributed by atoms with E-state index in [-0.39, 0.29) is 5.78 Å². The van der Waals surface area contributed by atoms with E-state index < -0.39 is 5.41 Å². The van der Waals surface area contributed by atoms with Crippen molar-refractivity contribution < 1.29 is 4.79 Å². The number of benzene rings is 2. The average Bonchev–Trinajstić information content (AvgIpc) is 2.84. The molecule has 0 radical (unpaired) electrons. The van der Waals surface area contributed by atoms with Crippen LogP contribution in [0.25, 0.3) is 21.8 Å². The Bertz CT molecular complexity index is 926. The van der Waals surface area contributed by atoms with Gasteiger partial charge in [-0.25, -0.2) is 0 Å². The molecule has 0 saturated heterocycles. The summed E-state index contributed by atoms with van der Waals surface area (Å²) in [7, 11) is 0. The van der Waals surface area contributed by atoms with E-state index >= 15 is 0 Å². The Kier molecular flexibility index (Phi) is 3.47. The molecule has 0 saturated carbocycles. The molecule has 23 heavy (non-hydrogen) atoms. The topological polar surface area (TPSA) is 48.0 Å². The second kappa shape index (κ2) is 5.12. The lowest BCUT2D eigenvalue weighted by Crippen LogP contribution is -2.21. The maximum atomic E-state index is 12.8. The first kappa shape index (κ1) is 15.6. The first-order chi connectivity index (χ1) is 10.8. The number of aromatic nitrogens is 1. The molecule has 3 heteroatoms. The highest BCUT2D eigenvalue weighted by atomic mass is 16.1. The number of fused-ring (bicyclic) bond motifs is 3. The van der Waals surface area contributed by atoms with Gasteiger partial charge >= 0.3 is 0 Å². The summed E-state index contributed by atoms with van der Waals surface area (Å²) < 4.78 is 2.23. The molecule has 0 aliphatic rings. The van der Waals surface area contributed by atoms with Gasteiger partial charge in [-0.05, 0) is 31.5 Å². The van der Waals surface area contributed by atoms with Gasteiger partial charge in [0.2, 0.25) is 0 Å². The second-order valence-corrected chi connectivity index (χ2v) is 7.20. The van der Waals surface area contributed by atoms with Crippen LogP contribution in [0.3, 0.4) is 0 Å². The van der Waals surface area contributed by atoms with Gasteiger partial charge in [0.25, 0.3) is 0 Å². The van der Waals surface area contributed by atoms with Gasteiger partial charge in [0.1, 0.15) is 0 Å². The summed E-state index contributed by atoms with van der Waals surface area (Å²) in [5, 5.41) is 2.27. The maximum absolute atomic E-state index is 12.8. The van der Waals surface area contributed by atoms with Gasteiger partial charge in [-0.1, -0.05) is 39.0 Å². The summed E-state index contributed by atoms with van der Waals surface area (Å²) >= 11 is 0. The highest BCUT2D eigenvalue weighted by Crippen LogP contribution is 2.38. The molecule has 3 rings (SSSR count). The van der Waals surface area contributed by atoms with E-state index in [1.807, 2.05) is 45.9 Å². The predicted octanol–water partition coefficient (Wildman–Crippen LogP) is 4.93. The van der Waals surface area contributed by atoms with Crippen LogP contribution in [-0.2, 0) is 6.54 Å². The van der Waals surface area contributed by atoms with Crippen LogP contribution >= 0.6 is 0 Å². The molecule has 3 aromatic rings. The zero-order chi connectivity index (χ0) is 16.9. The largest absolute Gasteiger partial charge is 0.397 e. The zero-order valence-corrected chi connectivity index (χ0v) is 14.5. The maximum Gasteiger partial charge on any atom is 0.168 e. The lowest BCUT2D eigenvalue weighted by atomic mass is 9.83. The first-order valence-corrected chi connectivity index (χ1v) is 8.12. The third-order valence-electron chi connectivity index (χ3n) is 4.57. The number of anilines is 1. The molecule has 0 fully saturated rings.